The second kappa shape index (κ2) is 7.58. The molecule has 0 aliphatic carbocycles. The lowest BCUT2D eigenvalue weighted by atomic mass is 10.1. The molecule has 1 aromatic heterocycles. The molecule has 0 aliphatic rings. The number of amides is 1. The molecule has 0 saturated heterocycles. The van der Waals surface area contributed by atoms with E-state index in [4.69, 9.17) is 9.15 Å². The van der Waals surface area contributed by atoms with Gasteiger partial charge in [-0.15, -0.1) is 5.10 Å². The first kappa shape index (κ1) is 18.6. The molecule has 0 unspecified atom stereocenters. The lowest BCUT2D eigenvalue weighted by molar-refractivity contribution is 0.102. The molecule has 0 spiro atoms. The van der Waals surface area contributed by atoms with E-state index in [1.54, 1.807) is 36.4 Å². The summed E-state index contributed by atoms with van der Waals surface area (Å²) in [5.74, 6) is 0.290. The van der Waals surface area contributed by atoms with E-state index in [9.17, 15) is 13.2 Å². The monoisotopic (exact) mass is 387 g/mol. The van der Waals surface area contributed by atoms with Gasteiger partial charge in [-0.1, -0.05) is 29.4 Å². The van der Waals surface area contributed by atoms with E-state index in [0.717, 1.165) is 11.8 Å². The van der Waals surface area contributed by atoms with Crippen molar-refractivity contribution >= 4 is 21.8 Å². The lowest BCUT2D eigenvalue weighted by Crippen LogP contribution is -2.13. The van der Waals surface area contributed by atoms with Gasteiger partial charge >= 0.3 is 6.01 Å². The number of aromatic nitrogens is 2. The van der Waals surface area contributed by atoms with Crippen molar-refractivity contribution in [3.63, 3.8) is 0 Å². The zero-order chi connectivity index (χ0) is 19.4. The van der Waals surface area contributed by atoms with Gasteiger partial charge in [-0.3, -0.25) is 10.1 Å². The van der Waals surface area contributed by atoms with Crippen molar-refractivity contribution in [1.29, 1.82) is 0 Å². The number of rotatable bonds is 6. The van der Waals surface area contributed by atoms with E-state index in [-0.39, 0.29) is 16.8 Å². The van der Waals surface area contributed by atoms with Crippen molar-refractivity contribution in [3.8, 4) is 5.75 Å². The van der Waals surface area contributed by atoms with Gasteiger partial charge in [0.1, 0.15) is 5.75 Å². The van der Waals surface area contributed by atoms with Crippen LogP contribution in [0.15, 0.2) is 57.8 Å². The summed E-state index contributed by atoms with van der Waals surface area (Å²) in [5.41, 5.74) is 1.14. The third-order valence-corrected chi connectivity index (χ3v) is 4.87. The van der Waals surface area contributed by atoms with E-state index in [0.29, 0.717) is 17.7 Å². The number of anilines is 1. The predicted octanol–water partition coefficient (Wildman–Crippen LogP) is 2.32. The highest BCUT2D eigenvalue weighted by molar-refractivity contribution is 7.90. The second-order valence-electron chi connectivity index (χ2n) is 5.75. The van der Waals surface area contributed by atoms with Gasteiger partial charge in [-0.25, -0.2) is 8.42 Å². The van der Waals surface area contributed by atoms with Crippen LogP contribution in [0, 0.1) is 0 Å². The van der Waals surface area contributed by atoms with Crippen molar-refractivity contribution in [1.82, 2.24) is 10.2 Å². The fourth-order valence-corrected chi connectivity index (χ4v) is 3.03. The summed E-state index contributed by atoms with van der Waals surface area (Å²) >= 11 is 0. The zero-order valence-corrected chi connectivity index (χ0v) is 15.5. The van der Waals surface area contributed by atoms with Crippen LogP contribution in [0.3, 0.4) is 0 Å². The average molecular weight is 387 g/mol. The SMILES string of the molecule is COc1ccccc1C(=O)Nc1nnc(Cc2ccc(S(C)(=O)=O)cc2)o1. The average Bonchev–Trinajstić information content (AvgIpc) is 3.08. The molecule has 0 radical (unpaired) electrons. The molecule has 0 aliphatic heterocycles. The van der Waals surface area contributed by atoms with Crippen molar-refractivity contribution in [3.05, 3.63) is 65.5 Å². The van der Waals surface area contributed by atoms with Crippen molar-refractivity contribution in [2.24, 2.45) is 0 Å². The Morgan fingerprint density at radius 3 is 2.48 bits per heavy atom. The van der Waals surface area contributed by atoms with Crippen LogP contribution < -0.4 is 10.1 Å². The number of methoxy groups -OCH3 is 1. The first-order valence-corrected chi connectivity index (χ1v) is 9.81. The van der Waals surface area contributed by atoms with Crippen LogP contribution in [0.2, 0.25) is 0 Å². The summed E-state index contributed by atoms with van der Waals surface area (Å²) in [7, 11) is -1.76. The summed E-state index contributed by atoms with van der Waals surface area (Å²) in [6.07, 6.45) is 1.46. The Morgan fingerprint density at radius 1 is 1.11 bits per heavy atom. The predicted molar refractivity (Wildman–Crippen MR) is 97.6 cm³/mol. The summed E-state index contributed by atoms with van der Waals surface area (Å²) in [6.45, 7) is 0. The number of benzene rings is 2. The molecule has 0 atom stereocenters. The first-order valence-electron chi connectivity index (χ1n) is 7.92. The second-order valence-corrected chi connectivity index (χ2v) is 7.76. The van der Waals surface area contributed by atoms with Gasteiger partial charge in [-0.2, -0.15) is 0 Å². The molecule has 0 fully saturated rings. The van der Waals surface area contributed by atoms with Crippen molar-refractivity contribution in [2.45, 2.75) is 11.3 Å². The Hall–Kier alpha value is -3.20. The maximum atomic E-state index is 12.3. The van der Waals surface area contributed by atoms with E-state index in [2.05, 4.69) is 15.5 Å². The number of nitrogens with zero attached hydrogens (tertiary/aromatic N) is 2. The molecule has 9 heteroatoms. The minimum absolute atomic E-state index is 0.0336. The van der Waals surface area contributed by atoms with Crippen molar-refractivity contribution < 1.29 is 22.4 Å². The zero-order valence-electron chi connectivity index (χ0n) is 14.7. The molecule has 0 saturated carbocycles. The molecule has 1 amide bonds. The Bertz CT molecular complexity index is 1060. The Balaban J connectivity index is 1.69. The Kier molecular flexibility index (Phi) is 5.22. The van der Waals surface area contributed by atoms with E-state index in [1.165, 1.54) is 19.2 Å². The van der Waals surface area contributed by atoms with Gasteiger partial charge in [0.15, 0.2) is 9.84 Å². The third kappa shape index (κ3) is 4.50. The van der Waals surface area contributed by atoms with E-state index in [1.807, 2.05) is 0 Å². The Labute approximate surface area is 156 Å². The van der Waals surface area contributed by atoms with Crippen LogP contribution in [0.1, 0.15) is 21.8 Å². The molecule has 27 heavy (non-hydrogen) atoms. The van der Waals surface area contributed by atoms with Gasteiger partial charge in [0.25, 0.3) is 5.91 Å². The largest absolute Gasteiger partial charge is 0.496 e. The molecule has 8 nitrogen and oxygen atoms in total. The van der Waals surface area contributed by atoms with Crippen LogP contribution >= 0.6 is 0 Å². The molecule has 3 aromatic rings. The number of hydrogen-bond donors (Lipinski definition) is 1. The summed E-state index contributed by atoms with van der Waals surface area (Å²) in [6, 6.07) is 13.1. The Morgan fingerprint density at radius 2 is 1.81 bits per heavy atom. The smallest absolute Gasteiger partial charge is 0.322 e. The summed E-state index contributed by atoms with van der Waals surface area (Å²) < 4.78 is 33.6. The molecule has 140 valence electrons. The molecular formula is C18H17N3O5S. The first-order chi connectivity index (χ1) is 12.9. The van der Waals surface area contributed by atoms with Gasteiger partial charge in [0, 0.05) is 6.26 Å². The minimum Gasteiger partial charge on any atom is -0.496 e. The van der Waals surface area contributed by atoms with E-state index < -0.39 is 15.7 Å². The number of sulfone groups is 1. The number of carbonyl (C=O) groups is 1. The quantitative estimate of drug-likeness (QED) is 0.691. The number of hydrogen-bond acceptors (Lipinski definition) is 7. The minimum atomic E-state index is -3.24. The van der Waals surface area contributed by atoms with Gasteiger partial charge in [0.2, 0.25) is 5.89 Å². The number of para-hydroxylation sites is 1. The molecular weight excluding hydrogens is 370 g/mol. The number of ether oxygens (including phenoxy) is 1. The van der Waals surface area contributed by atoms with Gasteiger partial charge in [0.05, 0.1) is 24.0 Å². The van der Waals surface area contributed by atoms with Crippen LogP contribution in [0.4, 0.5) is 6.01 Å². The standard InChI is InChI=1S/C18H17N3O5S/c1-25-15-6-4-3-5-14(15)17(22)19-18-21-20-16(26-18)11-12-7-9-13(10-8-12)27(2,23)24/h3-10H,11H2,1-2H3,(H,19,21,22). The lowest BCUT2D eigenvalue weighted by Gasteiger charge is -2.06. The summed E-state index contributed by atoms with van der Waals surface area (Å²) in [4.78, 5) is 12.6. The highest BCUT2D eigenvalue weighted by Gasteiger charge is 2.15. The fourth-order valence-electron chi connectivity index (χ4n) is 2.40. The van der Waals surface area contributed by atoms with Gasteiger partial charge in [-0.05, 0) is 29.8 Å². The number of carbonyl (C=O) groups excluding carboxylic acids is 1. The van der Waals surface area contributed by atoms with Crippen LogP contribution in [0.25, 0.3) is 0 Å². The fraction of sp³-hybridized carbons (Fsp3) is 0.167. The van der Waals surface area contributed by atoms with Crippen molar-refractivity contribution in [2.75, 3.05) is 18.7 Å². The molecule has 1 N–H and O–H groups in total. The van der Waals surface area contributed by atoms with E-state index >= 15 is 0 Å². The maximum Gasteiger partial charge on any atom is 0.322 e. The molecule has 0 bridgehead atoms. The molecule has 2 aromatic carbocycles. The number of nitrogens with one attached hydrogen (secondary N) is 1. The highest BCUT2D eigenvalue weighted by atomic mass is 32.2. The molecule has 1 heterocycles. The molecule has 3 rings (SSSR count). The van der Waals surface area contributed by atoms with Crippen LogP contribution in [-0.2, 0) is 16.3 Å². The highest BCUT2D eigenvalue weighted by Crippen LogP contribution is 2.19. The summed E-state index contributed by atoms with van der Waals surface area (Å²) in [5, 5.41) is 10.2. The normalized spacial score (nSPS) is 11.2. The topological polar surface area (TPSA) is 111 Å². The van der Waals surface area contributed by atoms with Crippen LogP contribution in [-0.4, -0.2) is 37.9 Å². The van der Waals surface area contributed by atoms with Gasteiger partial charge < -0.3 is 9.15 Å². The third-order valence-electron chi connectivity index (χ3n) is 3.75. The van der Waals surface area contributed by atoms with Crippen LogP contribution in [0.5, 0.6) is 5.75 Å². The maximum absolute atomic E-state index is 12.3.